The van der Waals surface area contributed by atoms with E-state index < -0.39 is 0 Å². The molecule has 5 heteroatoms. The van der Waals surface area contributed by atoms with Gasteiger partial charge < -0.3 is 8.83 Å². The summed E-state index contributed by atoms with van der Waals surface area (Å²) in [7, 11) is 0. The van der Waals surface area contributed by atoms with E-state index in [0.29, 0.717) is 17.5 Å². The second kappa shape index (κ2) is 11.9. The first kappa shape index (κ1) is 30.8. The third-order valence-electron chi connectivity index (χ3n) is 11.1. The number of benzene rings is 9. The van der Waals surface area contributed by atoms with Crippen molar-refractivity contribution >= 4 is 76.2 Å². The van der Waals surface area contributed by atoms with Crippen LogP contribution in [0.3, 0.4) is 0 Å². The molecule has 0 fully saturated rings. The van der Waals surface area contributed by atoms with Crippen LogP contribution in [0.15, 0.2) is 185 Å². The molecule has 0 radical (unpaired) electrons. The lowest BCUT2D eigenvalue weighted by atomic mass is 9.98. The van der Waals surface area contributed by atoms with Gasteiger partial charge in [0.15, 0.2) is 17.5 Å². The summed E-state index contributed by atoms with van der Waals surface area (Å²) < 4.78 is 13.2. The number of nitrogens with zero attached hydrogens (tertiary/aromatic N) is 3. The summed E-state index contributed by atoms with van der Waals surface area (Å²) in [6, 6.07) is 61.0. The molecule has 0 amide bonds. The molecule has 0 spiro atoms. The van der Waals surface area contributed by atoms with E-state index >= 15 is 0 Å². The highest BCUT2D eigenvalue weighted by atomic mass is 16.3. The Morgan fingerprint density at radius 2 is 0.732 bits per heavy atom. The molecule has 0 saturated carbocycles. The number of furan rings is 2. The Labute approximate surface area is 320 Å². The smallest absolute Gasteiger partial charge is 0.164 e. The third kappa shape index (κ3) is 4.71. The lowest BCUT2D eigenvalue weighted by Gasteiger charge is -2.12. The molecule has 0 atom stereocenters. The second-order valence-corrected chi connectivity index (χ2v) is 14.3. The molecule has 0 N–H and O–H groups in total. The van der Waals surface area contributed by atoms with Gasteiger partial charge in [-0.1, -0.05) is 146 Å². The third-order valence-corrected chi connectivity index (χ3v) is 11.1. The maximum atomic E-state index is 6.60. The summed E-state index contributed by atoms with van der Waals surface area (Å²) >= 11 is 0. The predicted octanol–water partition coefficient (Wildman–Crippen LogP) is 13.8. The van der Waals surface area contributed by atoms with Crippen LogP contribution >= 0.6 is 0 Å². The summed E-state index contributed by atoms with van der Waals surface area (Å²) in [5, 5.41) is 10.6. The molecule has 56 heavy (non-hydrogen) atoms. The Bertz CT molecular complexity index is 3370. The molecule has 12 rings (SSSR count). The molecule has 3 heterocycles. The Hall–Kier alpha value is -7.63. The van der Waals surface area contributed by atoms with Gasteiger partial charge in [0.25, 0.3) is 0 Å². The van der Waals surface area contributed by atoms with Crippen molar-refractivity contribution in [2.45, 2.75) is 0 Å². The van der Waals surface area contributed by atoms with E-state index in [4.69, 9.17) is 23.8 Å². The number of para-hydroxylation sites is 2. The fourth-order valence-corrected chi connectivity index (χ4v) is 8.40. The molecular formula is C51H29N3O2. The normalized spacial score (nSPS) is 11.9. The second-order valence-electron chi connectivity index (χ2n) is 14.3. The van der Waals surface area contributed by atoms with Crippen LogP contribution in [0.1, 0.15) is 0 Å². The topological polar surface area (TPSA) is 65.0 Å². The number of hydrogen-bond acceptors (Lipinski definition) is 5. The van der Waals surface area contributed by atoms with Gasteiger partial charge in [-0.2, -0.15) is 0 Å². The van der Waals surface area contributed by atoms with E-state index in [9.17, 15) is 0 Å². The fourth-order valence-electron chi connectivity index (χ4n) is 8.40. The van der Waals surface area contributed by atoms with Crippen molar-refractivity contribution in [2.75, 3.05) is 0 Å². The van der Waals surface area contributed by atoms with Gasteiger partial charge >= 0.3 is 0 Å². The first-order valence-electron chi connectivity index (χ1n) is 18.8. The maximum Gasteiger partial charge on any atom is 0.164 e. The molecule has 0 saturated heterocycles. The Balaban J connectivity index is 1.14. The largest absolute Gasteiger partial charge is 0.455 e. The molecule has 12 aromatic rings. The lowest BCUT2D eigenvalue weighted by Crippen LogP contribution is -2.01. The monoisotopic (exact) mass is 715 g/mol. The first-order chi connectivity index (χ1) is 27.7. The van der Waals surface area contributed by atoms with Crippen molar-refractivity contribution in [1.82, 2.24) is 15.0 Å². The average Bonchev–Trinajstić information content (AvgIpc) is 3.86. The minimum absolute atomic E-state index is 0.569. The molecule has 0 aliphatic carbocycles. The predicted molar refractivity (Wildman–Crippen MR) is 229 cm³/mol. The van der Waals surface area contributed by atoms with Crippen molar-refractivity contribution in [1.29, 1.82) is 0 Å². The van der Waals surface area contributed by atoms with Gasteiger partial charge in [0.2, 0.25) is 0 Å². The average molecular weight is 716 g/mol. The summed E-state index contributed by atoms with van der Waals surface area (Å²) in [6.45, 7) is 0. The van der Waals surface area contributed by atoms with Crippen LogP contribution in [-0.4, -0.2) is 15.0 Å². The molecule has 0 bridgehead atoms. The molecule has 260 valence electrons. The maximum absolute atomic E-state index is 6.60. The highest BCUT2D eigenvalue weighted by Gasteiger charge is 2.23. The highest BCUT2D eigenvalue weighted by molar-refractivity contribution is 6.22. The Morgan fingerprint density at radius 1 is 0.304 bits per heavy atom. The minimum atomic E-state index is 0.569. The standard InChI is InChI=1S/C51H29N3O2/c1-2-12-33-27-34(26-23-30(33)11-1)31-21-24-32(25-22-31)49-52-50(41-28-35-13-3-5-15-37(35)47-45(41)39-17-7-9-19-43(39)55-47)54-51(53-49)42-29-36-14-4-6-16-38(36)48-46(42)40-18-8-10-20-44(40)56-48/h1-29H. The molecule has 3 aromatic heterocycles. The quantitative estimate of drug-likeness (QED) is 0.181. The van der Waals surface area contributed by atoms with Gasteiger partial charge in [0, 0.05) is 49.0 Å². The van der Waals surface area contributed by atoms with Crippen LogP contribution in [0, 0.1) is 0 Å². The van der Waals surface area contributed by atoms with Crippen molar-refractivity contribution in [2.24, 2.45) is 0 Å². The van der Waals surface area contributed by atoms with Crippen molar-refractivity contribution < 1.29 is 8.83 Å². The highest BCUT2D eigenvalue weighted by Crippen LogP contribution is 2.43. The van der Waals surface area contributed by atoms with E-state index in [1.165, 1.54) is 10.8 Å². The summed E-state index contributed by atoms with van der Waals surface area (Å²) in [4.78, 5) is 16.0. The van der Waals surface area contributed by atoms with Gasteiger partial charge in [0.1, 0.15) is 22.3 Å². The van der Waals surface area contributed by atoms with Crippen LogP contribution in [0.2, 0.25) is 0 Å². The van der Waals surface area contributed by atoms with Crippen LogP contribution in [0.5, 0.6) is 0 Å². The van der Waals surface area contributed by atoms with E-state index in [0.717, 1.165) is 93.2 Å². The van der Waals surface area contributed by atoms with Crippen LogP contribution < -0.4 is 0 Å². The molecule has 0 unspecified atom stereocenters. The van der Waals surface area contributed by atoms with Crippen LogP contribution in [0.4, 0.5) is 0 Å². The fraction of sp³-hybridized carbons (Fsp3) is 0. The zero-order valence-corrected chi connectivity index (χ0v) is 29.9. The molecule has 0 aliphatic rings. The minimum Gasteiger partial charge on any atom is -0.455 e. The van der Waals surface area contributed by atoms with Gasteiger partial charge in [-0.15, -0.1) is 0 Å². The summed E-state index contributed by atoms with van der Waals surface area (Å²) in [5.74, 6) is 1.72. The SMILES string of the molecule is c1ccc2cc(-c3ccc(-c4nc(-c5cc6ccccc6c6oc7ccccc7c56)nc(-c5cc6ccccc6c6oc7ccccc7c56)n4)cc3)ccc2c1. The molecular weight excluding hydrogens is 687 g/mol. The van der Waals surface area contributed by atoms with E-state index in [1.807, 2.05) is 36.4 Å². The number of rotatable bonds is 4. The molecule has 9 aromatic carbocycles. The van der Waals surface area contributed by atoms with Gasteiger partial charge in [-0.05, 0) is 63.0 Å². The van der Waals surface area contributed by atoms with Gasteiger partial charge in [-0.3, -0.25) is 0 Å². The van der Waals surface area contributed by atoms with Crippen molar-refractivity contribution in [3.63, 3.8) is 0 Å². The van der Waals surface area contributed by atoms with Crippen molar-refractivity contribution in [3.8, 4) is 45.3 Å². The summed E-state index contributed by atoms with van der Waals surface area (Å²) in [5.41, 5.74) is 8.21. The number of hydrogen-bond donors (Lipinski definition) is 0. The van der Waals surface area contributed by atoms with E-state index in [1.54, 1.807) is 0 Å². The molecule has 0 aliphatic heterocycles. The van der Waals surface area contributed by atoms with Crippen LogP contribution in [-0.2, 0) is 0 Å². The Morgan fingerprint density at radius 3 is 1.30 bits per heavy atom. The zero-order valence-electron chi connectivity index (χ0n) is 29.9. The summed E-state index contributed by atoms with van der Waals surface area (Å²) in [6.07, 6.45) is 0. The lowest BCUT2D eigenvalue weighted by molar-refractivity contribution is 0.672. The molecule has 5 nitrogen and oxygen atoms in total. The first-order valence-corrected chi connectivity index (χ1v) is 18.8. The van der Waals surface area contributed by atoms with E-state index in [2.05, 4.69) is 140 Å². The number of aromatic nitrogens is 3. The number of fused-ring (bicyclic) bond motifs is 11. The van der Waals surface area contributed by atoms with Gasteiger partial charge in [0.05, 0.1) is 0 Å². The van der Waals surface area contributed by atoms with Gasteiger partial charge in [-0.25, -0.2) is 15.0 Å². The zero-order chi connectivity index (χ0) is 36.7. The van der Waals surface area contributed by atoms with Crippen molar-refractivity contribution in [3.05, 3.63) is 176 Å². The Kier molecular flexibility index (Phi) is 6.56. The van der Waals surface area contributed by atoms with Crippen LogP contribution in [0.25, 0.3) is 121 Å². The van der Waals surface area contributed by atoms with E-state index in [-0.39, 0.29) is 0 Å².